The molecule has 5 rings (SSSR count). The first-order valence-corrected chi connectivity index (χ1v) is 9.05. The molecule has 0 amide bonds. The molecule has 0 saturated carbocycles. The van der Waals surface area contributed by atoms with Crippen LogP contribution in [-0.4, -0.2) is 9.97 Å². The van der Waals surface area contributed by atoms with Crippen molar-refractivity contribution >= 4 is 21.8 Å². The minimum Gasteiger partial charge on any atom is -0.361 e. The molecule has 0 saturated heterocycles. The molecule has 2 aromatic heterocycles. The molecule has 0 bridgehead atoms. The van der Waals surface area contributed by atoms with Gasteiger partial charge in [-0.05, 0) is 54.5 Å². The number of nitrogens with two attached hydrogens (primary N) is 1. The van der Waals surface area contributed by atoms with Crippen LogP contribution < -0.4 is 5.73 Å². The second-order valence-electron chi connectivity index (χ2n) is 6.94. The number of aromatic nitrogens is 2. The number of nitrogens with zero attached hydrogens (tertiary/aromatic N) is 1. The van der Waals surface area contributed by atoms with Gasteiger partial charge in [-0.1, -0.05) is 36.4 Å². The third kappa shape index (κ3) is 2.27. The van der Waals surface area contributed by atoms with Crippen LogP contribution in [0, 0.1) is 0 Å². The third-order valence-electron chi connectivity index (χ3n) is 5.48. The Hall–Kier alpha value is -2.65. The summed E-state index contributed by atoms with van der Waals surface area (Å²) in [7, 11) is 0. The SMILES string of the molecule is NC(c1c2c(nc3ccccc13)CCCC2)c1c[nH]c2ccccc12. The summed E-state index contributed by atoms with van der Waals surface area (Å²) in [4.78, 5) is 8.31. The highest BCUT2D eigenvalue weighted by molar-refractivity contribution is 5.88. The fourth-order valence-corrected chi connectivity index (χ4v) is 4.27. The van der Waals surface area contributed by atoms with E-state index in [0.29, 0.717) is 0 Å². The van der Waals surface area contributed by atoms with Gasteiger partial charge in [0.1, 0.15) is 0 Å². The molecule has 1 unspecified atom stereocenters. The Morgan fingerprint density at radius 2 is 1.68 bits per heavy atom. The zero-order chi connectivity index (χ0) is 16.8. The van der Waals surface area contributed by atoms with Gasteiger partial charge in [0.2, 0.25) is 0 Å². The molecular weight excluding hydrogens is 306 g/mol. The summed E-state index contributed by atoms with van der Waals surface area (Å²) in [5.41, 5.74) is 14.1. The lowest BCUT2D eigenvalue weighted by molar-refractivity contribution is 0.659. The summed E-state index contributed by atoms with van der Waals surface area (Å²) in [5, 5.41) is 2.40. The summed E-state index contributed by atoms with van der Waals surface area (Å²) in [6.45, 7) is 0. The van der Waals surface area contributed by atoms with Crippen molar-refractivity contribution in [1.82, 2.24) is 9.97 Å². The first kappa shape index (κ1) is 14.7. The number of aryl methyl sites for hydroxylation is 1. The average Bonchev–Trinajstić information content (AvgIpc) is 3.09. The van der Waals surface area contributed by atoms with Gasteiger partial charge in [0.05, 0.1) is 11.6 Å². The highest BCUT2D eigenvalue weighted by Crippen LogP contribution is 2.36. The van der Waals surface area contributed by atoms with Crippen molar-refractivity contribution in [2.45, 2.75) is 31.7 Å². The normalized spacial score (nSPS) is 15.4. The van der Waals surface area contributed by atoms with E-state index in [2.05, 4.69) is 59.7 Å². The van der Waals surface area contributed by atoms with Crippen LogP contribution in [0.25, 0.3) is 21.8 Å². The number of aromatic amines is 1. The Morgan fingerprint density at radius 1 is 0.920 bits per heavy atom. The largest absolute Gasteiger partial charge is 0.361 e. The summed E-state index contributed by atoms with van der Waals surface area (Å²) >= 11 is 0. The van der Waals surface area contributed by atoms with Crippen molar-refractivity contribution in [2.24, 2.45) is 5.73 Å². The summed E-state index contributed by atoms with van der Waals surface area (Å²) < 4.78 is 0. The Balaban J connectivity index is 1.79. The van der Waals surface area contributed by atoms with Crippen molar-refractivity contribution in [3.63, 3.8) is 0 Å². The van der Waals surface area contributed by atoms with E-state index in [9.17, 15) is 0 Å². The molecule has 1 aliphatic rings. The smallest absolute Gasteiger partial charge is 0.0709 e. The molecule has 25 heavy (non-hydrogen) atoms. The van der Waals surface area contributed by atoms with Crippen LogP contribution >= 0.6 is 0 Å². The molecule has 0 aliphatic heterocycles. The van der Waals surface area contributed by atoms with Crippen molar-refractivity contribution in [3.8, 4) is 0 Å². The van der Waals surface area contributed by atoms with Crippen LogP contribution in [0.5, 0.6) is 0 Å². The van der Waals surface area contributed by atoms with Gasteiger partial charge in [0.15, 0.2) is 0 Å². The molecule has 3 heteroatoms. The van der Waals surface area contributed by atoms with Crippen molar-refractivity contribution in [3.05, 3.63) is 77.1 Å². The molecule has 2 heterocycles. The minimum atomic E-state index is -0.143. The fraction of sp³-hybridized carbons (Fsp3) is 0.227. The molecule has 0 spiro atoms. The number of hydrogen-bond donors (Lipinski definition) is 2. The van der Waals surface area contributed by atoms with Gasteiger partial charge in [-0.15, -0.1) is 0 Å². The number of rotatable bonds is 2. The Kier molecular flexibility index (Phi) is 3.35. The van der Waals surface area contributed by atoms with Gasteiger partial charge in [-0.2, -0.15) is 0 Å². The van der Waals surface area contributed by atoms with Gasteiger partial charge < -0.3 is 10.7 Å². The lowest BCUT2D eigenvalue weighted by Gasteiger charge is -2.24. The quantitative estimate of drug-likeness (QED) is 0.563. The molecule has 3 nitrogen and oxygen atoms in total. The number of benzene rings is 2. The number of para-hydroxylation sites is 2. The number of fused-ring (bicyclic) bond motifs is 3. The number of hydrogen-bond acceptors (Lipinski definition) is 2. The van der Waals surface area contributed by atoms with E-state index in [-0.39, 0.29) is 6.04 Å². The molecule has 0 radical (unpaired) electrons. The van der Waals surface area contributed by atoms with Gasteiger partial charge in [-0.25, -0.2) is 0 Å². The molecule has 124 valence electrons. The van der Waals surface area contributed by atoms with Gasteiger partial charge in [-0.3, -0.25) is 4.98 Å². The highest BCUT2D eigenvalue weighted by atomic mass is 14.7. The van der Waals surface area contributed by atoms with E-state index in [1.165, 1.54) is 46.0 Å². The summed E-state index contributed by atoms with van der Waals surface area (Å²) in [6.07, 6.45) is 6.66. The summed E-state index contributed by atoms with van der Waals surface area (Å²) in [6, 6.07) is 16.7. The van der Waals surface area contributed by atoms with Crippen molar-refractivity contribution in [1.29, 1.82) is 0 Å². The van der Waals surface area contributed by atoms with Gasteiger partial charge >= 0.3 is 0 Å². The predicted octanol–water partition coefficient (Wildman–Crippen LogP) is 4.64. The predicted molar refractivity (Wildman–Crippen MR) is 103 cm³/mol. The zero-order valence-electron chi connectivity index (χ0n) is 14.1. The van der Waals surface area contributed by atoms with Crippen LogP contribution in [0.4, 0.5) is 0 Å². The number of nitrogens with one attached hydrogen (secondary N) is 1. The molecule has 1 atom stereocenters. The first-order chi connectivity index (χ1) is 12.3. The topological polar surface area (TPSA) is 54.7 Å². The summed E-state index contributed by atoms with van der Waals surface area (Å²) in [5.74, 6) is 0. The molecule has 2 aromatic carbocycles. The molecule has 3 N–H and O–H groups in total. The number of H-pyrrole nitrogens is 1. The van der Waals surface area contributed by atoms with Crippen LogP contribution in [0.2, 0.25) is 0 Å². The maximum Gasteiger partial charge on any atom is 0.0709 e. The fourth-order valence-electron chi connectivity index (χ4n) is 4.27. The number of pyridine rings is 1. The van der Waals surface area contributed by atoms with E-state index in [1.54, 1.807) is 0 Å². The van der Waals surface area contributed by atoms with E-state index in [4.69, 9.17) is 10.7 Å². The highest BCUT2D eigenvalue weighted by Gasteiger charge is 2.24. The standard InChI is InChI=1S/C22H21N3/c23-22(17-13-24-18-10-4-1-7-14(17)18)21-15-8-2-5-11-19(15)25-20-12-6-3-9-16(20)21/h1-2,4-5,7-8,10-11,13,22,24H,3,6,9,12,23H2. The zero-order valence-corrected chi connectivity index (χ0v) is 14.1. The Labute approximate surface area is 146 Å². The van der Waals surface area contributed by atoms with Crippen LogP contribution in [0.3, 0.4) is 0 Å². The van der Waals surface area contributed by atoms with E-state index in [0.717, 1.165) is 23.9 Å². The monoisotopic (exact) mass is 327 g/mol. The lowest BCUT2D eigenvalue weighted by Crippen LogP contribution is -2.18. The van der Waals surface area contributed by atoms with Crippen molar-refractivity contribution in [2.75, 3.05) is 0 Å². The maximum atomic E-state index is 6.87. The minimum absolute atomic E-state index is 0.143. The van der Waals surface area contributed by atoms with Gasteiger partial charge in [0, 0.05) is 28.2 Å². The first-order valence-electron chi connectivity index (χ1n) is 9.05. The molecule has 1 aliphatic carbocycles. The van der Waals surface area contributed by atoms with Crippen LogP contribution in [0.15, 0.2) is 54.7 Å². The lowest BCUT2D eigenvalue weighted by atomic mass is 9.85. The Morgan fingerprint density at radius 3 is 2.60 bits per heavy atom. The second kappa shape index (κ2) is 5.71. The molecule has 0 fully saturated rings. The molecular formula is C22H21N3. The third-order valence-corrected chi connectivity index (χ3v) is 5.48. The second-order valence-corrected chi connectivity index (χ2v) is 6.94. The van der Waals surface area contributed by atoms with Crippen LogP contribution in [-0.2, 0) is 12.8 Å². The van der Waals surface area contributed by atoms with E-state index >= 15 is 0 Å². The van der Waals surface area contributed by atoms with Crippen LogP contribution in [0.1, 0.15) is 41.3 Å². The molecule has 4 aromatic rings. The maximum absolute atomic E-state index is 6.87. The van der Waals surface area contributed by atoms with Gasteiger partial charge in [0.25, 0.3) is 0 Å². The Bertz CT molecular complexity index is 1080. The van der Waals surface area contributed by atoms with E-state index < -0.39 is 0 Å². The van der Waals surface area contributed by atoms with E-state index in [1.807, 2.05) is 0 Å². The average molecular weight is 327 g/mol. The van der Waals surface area contributed by atoms with Crippen molar-refractivity contribution < 1.29 is 0 Å².